The highest BCUT2D eigenvalue weighted by Crippen LogP contribution is 2.24. The van der Waals surface area contributed by atoms with Gasteiger partial charge in [0.05, 0.1) is 33.8 Å². The number of rotatable bonds is 9. The van der Waals surface area contributed by atoms with Gasteiger partial charge in [-0.25, -0.2) is 30.7 Å². The Bertz CT molecular complexity index is 2110. The predicted molar refractivity (Wildman–Crippen MR) is 226 cm³/mol. The number of halogens is 1. The smallest absolute Gasteiger partial charge is 0.407 e. The van der Waals surface area contributed by atoms with Crippen LogP contribution in [0.3, 0.4) is 0 Å². The highest BCUT2D eigenvalue weighted by Gasteiger charge is 2.38. The van der Waals surface area contributed by atoms with Gasteiger partial charge in [0.15, 0.2) is 0 Å². The summed E-state index contributed by atoms with van der Waals surface area (Å²) in [5.74, 6) is -2.67. The first kappa shape index (κ1) is 49.0. The molecular formula is C40H55ClN6O12S2. The number of nitrogens with zero attached hydrogens (tertiary/aromatic N) is 3. The molecule has 0 radical (unpaired) electrons. The summed E-state index contributed by atoms with van der Waals surface area (Å²) in [4.78, 5) is 73.5. The average molecular weight is 911 g/mol. The first-order chi connectivity index (χ1) is 28.3. The molecular weight excluding hydrogens is 856 g/mol. The number of hydrogen-bond donors (Lipinski definition) is 3. The molecule has 3 N–H and O–H groups in total. The molecule has 0 unspecified atom stereocenters. The minimum atomic E-state index is -3.72. The number of piperidine rings is 2. The van der Waals surface area contributed by atoms with E-state index < -0.39 is 65.8 Å². The molecule has 6 rings (SSSR count). The molecule has 0 spiro atoms. The van der Waals surface area contributed by atoms with Gasteiger partial charge in [0, 0.05) is 48.9 Å². The number of benzene rings is 2. The number of hydrogen-bond acceptors (Lipinski definition) is 13. The first-order valence-corrected chi connectivity index (χ1v) is 23.9. The van der Waals surface area contributed by atoms with Crippen molar-refractivity contribution >= 4 is 65.6 Å². The summed E-state index contributed by atoms with van der Waals surface area (Å²) in [6.45, 7) is 13.0. The minimum Gasteiger partial charge on any atom is -0.444 e. The summed E-state index contributed by atoms with van der Waals surface area (Å²) < 4.78 is 58.7. The molecule has 61 heavy (non-hydrogen) atoms. The van der Waals surface area contributed by atoms with Crippen molar-refractivity contribution in [2.75, 3.05) is 50.8 Å². The van der Waals surface area contributed by atoms with Gasteiger partial charge in [0.25, 0.3) is 23.6 Å². The van der Waals surface area contributed by atoms with Crippen LogP contribution in [0.5, 0.6) is 0 Å². The number of nitrogens with one attached hydrogen (secondary N) is 3. The van der Waals surface area contributed by atoms with Crippen LogP contribution < -0.4 is 16.0 Å². The fourth-order valence-corrected chi connectivity index (χ4v) is 8.66. The lowest BCUT2D eigenvalue weighted by molar-refractivity contribution is 0.0480. The van der Waals surface area contributed by atoms with E-state index in [0.29, 0.717) is 35.1 Å². The van der Waals surface area contributed by atoms with Gasteiger partial charge in [-0.3, -0.25) is 29.0 Å². The van der Waals surface area contributed by atoms with Crippen LogP contribution in [0, 0.1) is 0 Å². The van der Waals surface area contributed by atoms with E-state index in [9.17, 15) is 45.6 Å². The maximum Gasteiger partial charge on any atom is 0.407 e. The van der Waals surface area contributed by atoms with Crippen molar-refractivity contribution in [1.82, 2.24) is 30.1 Å². The minimum absolute atomic E-state index is 0.164. The van der Waals surface area contributed by atoms with Crippen LogP contribution in [-0.4, -0.2) is 141 Å². The highest BCUT2D eigenvalue weighted by molar-refractivity contribution is 8.13. The van der Waals surface area contributed by atoms with E-state index in [-0.39, 0.29) is 50.1 Å². The van der Waals surface area contributed by atoms with Crippen molar-refractivity contribution in [2.45, 2.75) is 90.5 Å². The third-order valence-electron chi connectivity index (χ3n) is 9.52. The number of carbonyl (C=O) groups excluding carboxylic acids is 6. The molecule has 2 aromatic rings. The Morgan fingerprint density at radius 3 is 1.33 bits per heavy atom. The molecule has 4 aliphatic heterocycles. The van der Waals surface area contributed by atoms with E-state index >= 15 is 0 Å². The van der Waals surface area contributed by atoms with Gasteiger partial charge in [-0.15, -0.1) is 0 Å². The van der Waals surface area contributed by atoms with Gasteiger partial charge >= 0.3 is 12.2 Å². The zero-order valence-electron chi connectivity index (χ0n) is 35.2. The lowest BCUT2D eigenvalue weighted by Gasteiger charge is -2.32. The van der Waals surface area contributed by atoms with Crippen molar-refractivity contribution in [3.8, 4) is 0 Å². The van der Waals surface area contributed by atoms with Gasteiger partial charge in [-0.1, -0.05) is 24.3 Å². The number of alkyl carbamates (subject to hydrolysis) is 2. The van der Waals surface area contributed by atoms with E-state index in [1.807, 2.05) is 20.8 Å². The van der Waals surface area contributed by atoms with Crippen LogP contribution in [0.2, 0.25) is 0 Å². The van der Waals surface area contributed by atoms with Crippen molar-refractivity contribution in [3.05, 3.63) is 70.8 Å². The maximum absolute atomic E-state index is 12.7. The summed E-state index contributed by atoms with van der Waals surface area (Å²) in [6, 6.07) is 12.9. The third-order valence-corrected chi connectivity index (χ3v) is 12.5. The quantitative estimate of drug-likeness (QED) is 0.241. The Morgan fingerprint density at radius 1 is 0.639 bits per heavy atom. The fraction of sp³-hybridized carbons (Fsp3) is 0.550. The topological polar surface area (TPSA) is 235 Å². The first-order valence-electron chi connectivity index (χ1n) is 19.9. The number of sulfonamides is 1. The van der Waals surface area contributed by atoms with Gasteiger partial charge < -0.3 is 25.4 Å². The molecule has 18 nitrogen and oxygen atoms in total. The molecule has 0 saturated carbocycles. The van der Waals surface area contributed by atoms with Crippen molar-refractivity contribution in [2.24, 2.45) is 0 Å². The zero-order chi connectivity index (χ0) is 45.3. The normalized spacial score (nSPS) is 17.7. The number of carbonyl (C=O) groups is 6. The second-order valence-electron chi connectivity index (χ2n) is 16.7. The van der Waals surface area contributed by atoms with Crippen LogP contribution in [0.4, 0.5) is 9.59 Å². The molecule has 6 amide bonds. The summed E-state index contributed by atoms with van der Waals surface area (Å²) in [5.41, 5.74) is 0.187. The number of ether oxygens (including phenoxy) is 2. The van der Waals surface area contributed by atoms with Crippen molar-refractivity contribution in [3.63, 3.8) is 0 Å². The van der Waals surface area contributed by atoms with Crippen LogP contribution in [0.15, 0.2) is 48.5 Å². The van der Waals surface area contributed by atoms with Crippen molar-refractivity contribution in [1.29, 1.82) is 0 Å². The Morgan fingerprint density at radius 2 is 0.984 bits per heavy atom. The average Bonchev–Trinajstić information content (AvgIpc) is 3.55. The van der Waals surface area contributed by atoms with E-state index in [1.54, 1.807) is 57.2 Å². The molecule has 4 aliphatic rings. The number of amides is 6. The summed E-state index contributed by atoms with van der Waals surface area (Å²) in [5, 5.41) is 8.88. The molecule has 4 heterocycles. The lowest BCUT2D eigenvalue weighted by atomic mass is 10.1. The van der Waals surface area contributed by atoms with E-state index in [0.717, 1.165) is 35.7 Å². The summed E-state index contributed by atoms with van der Waals surface area (Å²) in [6.07, 6.45) is 2.08. The predicted octanol–water partition coefficient (Wildman–Crippen LogP) is 3.72. The van der Waals surface area contributed by atoms with E-state index in [4.69, 9.17) is 20.2 Å². The Balaban J connectivity index is 0.000000223. The van der Waals surface area contributed by atoms with Gasteiger partial charge in [0.2, 0.25) is 19.1 Å². The standard InChI is InChI=1S/C20H27N3O6S.C10H8ClNO4S.C10H20N2O2/c1-20(2,3)29-19(26)21-14-8-10-22(11-9-14)30(27,28)13-12-23-17(24)15-6-4-5-7-16(15)18(23)25;11-17(15,16)6-5-12-9(13)7-3-1-2-4-8(7)10(12)14;1-10(2,3)14-9(13)12-8-4-6-11-7-5-8/h4-7,14H,8-13H2,1-3H3,(H,21,26);1-4H,5-6H2;8,11H,4-7H2,1-3H3,(H,12,13). The summed E-state index contributed by atoms with van der Waals surface area (Å²) in [7, 11) is -2.32. The van der Waals surface area contributed by atoms with E-state index in [1.165, 1.54) is 16.4 Å². The van der Waals surface area contributed by atoms with Crippen molar-refractivity contribution < 1.29 is 55.1 Å². The van der Waals surface area contributed by atoms with Crippen LogP contribution in [0.25, 0.3) is 0 Å². The zero-order valence-corrected chi connectivity index (χ0v) is 37.6. The monoisotopic (exact) mass is 910 g/mol. The van der Waals surface area contributed by atoms with Crippen LogP contribution >= 0.6 is 10.7 Å². The maximum atomic E-state index is 12.7. The Labute approximate surface area is 361 Å². The third kappa shape index (κ3) is 14.8. The molecule has 0 aliphatic carbocycles. The Hall–Kier alpha value is -4.63. The SMILES string of the molecule is CC(C)(C)OC(=O)NC1CCN(S(=O)(=O)CCN2C(=O)c3ccccc3C2=O)CC1.CC(C)(C)OC(=O)NC1CCNCC1.O=C1c2ccccc2C(=O)N1CCS(=O)(=O)Cl. The van der Waals surface area contributed by atoms with Gasteiger partial charge in [-0.2, -0.15) is 0 Å². The van der Waals surface area contributed by atoms with Gasteiger partial charge in [-0.05, 0) is 105 Å². The second-order valence-corrected chi connectivity index (χ2v) is 21.6. The summed E-state index contributed by atoms with van der Waals surface area (Å²) >= 11 is 0. The molecule has 0 atom stereocenters. The van der Waals surface area contributed by atoms with Gasteiger partial charge in [0.1, 0.15) is 11.2 Å². The molecule has 2 aromatic carbocycles. The fourth-order valence-electron chi connectivity index (χ4n) is 6.61. The van der Waals surface area contributed by atoms with E-state index in [2.05, 4.69) is 16.0 Å². The van der Waals surface area contributed by atoms with Crippen LogP contribution in [-0.2, 0) is 28.5 Å². The molecule has 21 heteroatoms. The molecule has 2 fully saturated rings. The number of fused-ring (bicyclic) bond motifs is 2. The molecule has 2 saturated heterocycles. The Kier molecular flexibility index (Phi) is 16.5. The second kappa shape index (κ2) is 20.5. The molecule has 0 bridgehead atoms. The highest BCUT2D eigenvalue weighted by atomic mass is 35.7. The molecule has 0 aromatic heterocycles. The van der Waals surface area contributed by atoms with Crippen LogP contribution in [0.1, 0.15) is 109 Å². The number of imide groups is 2. The largest absolute Gasteiger partial charge is 0.444 e. The lowest BCUT2D eigenvalue weighted by Crippen LogP contribution is -2.48. The molecule has 336 valence electrons.